The summed E-state index contributed by atoms with van der Waals surface area (Å²) in [5, 5.41) is 9.36. The lowest BCUT2D eigenvalue weighted by atomic mass is 9.69. The van der Waals surface area contributed by atoms with Gasteiger partial charge in [0, 0.05) is 30.3 Å². The zero-order valence-electron chi connectivity index (χ0n) is 16.1. The van der Waals surface area contributed by atoms with E-state index in [1.807, 2.05) is 4.57 Å². The van der Waals surface area contributed by atoms with E-state index in [1.54, 1.807) is 12.1 Å². The van der Waals surface area contributed by atoms with Gasteiger partial charge in [0.15, 0.2) is 23.5 Å². The molecule has 0 radical (unpaired) electrons. The van der Waals surface area contributed by atoms with Gasteiger partial charge in [-0.05, 0) is 43.4 Å². The number of hydrogen-bond acceptors (Lipinski definition) is 4. The second-order valence-corrected chi connectivity index (χ2v) is 7.89. The number of alkyl halides is 2. The Morgan fingerprint density at radius 2 is 2.00 bits per heavy atom. The smallest absolute Gasteiger partial charge is 0.341 e. The summed E-state index contributed by atoms with van der Waals surface area (Å²) in [4.78, 5) is 23.8. The number of nitrogens with zero attached hydrogens (tertiary/aromatic N) is 1. The Labute approximate surface area is 165 Å². The minimum Gasteiger partial charge on any atom is -0.493 e. The van der Waals surface area contributed by atoms with E-state index >= 15 is 0 Å². The molecule has 1 aliphatic heterocycles. The number of carboxylic acid groups (broad SMARTS) is 1. The SMILES string of the molecule is COc1cc2c(cc1OCC(C)(F)F)CC1(CCC1)n1cc(C(=O)O)c(=O)cc1-2. The van der Waals surface area contributed by atoms with Gasteiger partial charge < -0.3 is 19.1 Å². The number of carbonyl (C=O) groups is 1. The highest BCUT2D eigenvalue weighted by atomic mass is 19.3. The van der Waals surface area contributed by atoms with Gasteiger partial charge in [-0.25, -0.2) is 13.6 Å². The summed E-state index contributed by atoms with van der Waals surface area (Å²) in [6.07, 6.45) is 4.70. The fraction of sp³-hybridized carbons (Fsp3) is 0.429. The number of aromatic nitrogens is 1. The van der Waals surface area contributed by atoms with E-state index in [0.717, 1.165) is 31.7 Å². The van der Waals surface area contributed by atoms with Gasteiger partial charge in [0.2, 0.25) is 0 Å². The lowest BCUT2D eigenvalue weighted by molar-refractivity contribution is -0.0235. The zero-order valence-corrected chi connectivity index (χ0v) is 16.1. The molecule has 0 atom stereocenters. The van der Waals surface area contributed by atoms with Gasteiger partial charge in [0.25, 0.3) is 5.92 Å². The van der Waals surface area contributed by atoms with E-state index < -0.39 is 23.9 Å². The first kappa shape index (κ1) is 19.4. The molecule has 0 saturated heterocycles. The highest BCUT2D eigenvalue weighted by molar-refractivity contribution is 5.88. The van der Waals surface area contributed by atoms with Crippen LogP contribution in [0.25, 0.3) is 11.3 Å². The van der Waals surface area contributed by atoms with Crippen molar-refractivity contribution in [2.24, 2.45) is 0 Å². The van der Waals surface area contributed by atoms with Gasteiger partial charge in [-0.2, -0.15) is 0 Å². The monoisotopic (exact) mass is 405 g/mol. The van der Waals surface area contributed by atoms with Crippen molar-refractivity contribution in [1.82, 2.24) is 4.57 Å². The summed E-state index contributed by atoms with van der Waals surface area (Å²) in [5.74, 6) is -3.74. The Morgan fingerprint density at radius 1 is 1.28 bits per heavy atom. The van der Waals surface area contributed by atoms with Crippen molar-refractivity contribution in [3.05, 3.63) is 45.7 Å². The van der Waals surface area contributed by atoms with Crippen LogP contribution in [0.1, 0.15) is 42.1 Å². The van der Waals surface area contributed by atoms with E-state index in [-0.39, 0.29) is 22.6 Å². The first-order chi connectivity index (χ1) is 13.6. The first-order valence-corrected chi connectivity index (χ1v) is 9.36. The topological polar surface area (TPSA) is 77.8 Å². The number of rotatable bonds is 5. The number of halogens is 2. The molecule has 4 rings (SSSR count). The molecular formula is C21H21F2NO5. The molecule has 0 bridgehead atoms. The molecule has 1 aromatic heterocycles. The van der Waals surface area contributed by atoms with Crippen molar-refractivity contribution >= 4 is 5.97 Å². The summed E-state index contributed by atoms with van der Waals surface area (Å²) in [7, 11) is 1.41. The van der Waals surface area contributed by atoms with Crippen LogP contribution in [-0.2, 0) is 12.0 Å². The number of benzene rings is 1. The van der Waals surface area contributed by atoms with Gasteiger partial charge >= 0.3 is 5.97 Å². The summed E-state index contributed by atoms with van der Waals surface area (Å²) in [6.45, 7) is 0.00917. The third kappa shape index (κ3) is 3.26. The third-order valence-corrected chi connectivity index (χ3v) is 5.74. The minimum atomic E-state index is -2.98. The second-order valence-electron chi connectivity index (χ2n) is 7.89. The normalized spacial score (nSPS) is 16.6. The molecule has 2 heterocycles. The number of methoxy groups -OCH3 is 1. The number of fused-ring (bicyclic) bond motifs is 4. The molecule has 2 aromatic rings. The second kappa shape index (κ2) is 6.57. The molecule has 8 heteroatoms. The Morgan fingerprint density at radius 3 is 2.55 bits per heavy atom. The molecule has 2 aliphatic rings. The van der Waals surface area contributed by atoms with E-state index in [4.69, 9.17) is 9.47 Å². The number of hydrogen-bond donors (Lipinski definition) is 1. The van der Waals surface area contributed by atoms with Gasteiger partial charge in [-0.1, -0.05) is 0 Å². The van der Waals surface area contributed by atoms with Crippen molar-refractivity contribution in [3.63, 3.8) is 0 Å². The quantitative estimate of drug-likeness (QED) is 0.821. The van der Waals surface area contributed by atoms with Crippen LogP contribution in [0, 0.1) is 0 Å². The molecule has 1 spiro atoms. The van der Waals surface area contributed by atoms with Crippen molar-refractivity contribution in [1.29, 1.82) is 0 Å². The van der Waals surface area contributed by atoms with Crippen molar-refractivity contribution in [2.45, 2.75) is 44.1 Å². The molecule has 1 fully saturated rings. The summed E-state index contributed by atoms with van der Waals surface area (Å²) in [6, 6.07) is 4.69. The van der Waals surface area contributed by atoms with E-state index in [1.165, 1.54) is 19.4 Å². The maximum atomic E-state index is 13.3. The molecule has 0 unspecified atom stereocenters. The van der Waals surface area contributed by atoms with Crippen molar-refractivity contribution in [2.75, 3.05) is 13.7 Å². The van der Waals surface area contributed by atoms with Crippen LogP contribution in [0.2, 0.25) is 0 Å². The number of aromatic carboxylic acids is 1. The van der Waals surface area contributed by atoms with Crippen LogP contribution in [-0.4, -0.2) is 35.3 Å². The number of carboxylic acids is 1. The fourth-order valence-electron chi connectivity index (χ4n) is 4.20. The molecular weight excluding hydrogens is 384 g/mol. The van der Waals surface area contributed by atoms with Crippen LogP contribution < -0.4 is 14.9 Å². The van der Waals surface area contributed by atoms with Gasteiger partial charge in [-0.15, -0.1) is 0 Å². The molecule has 1 aromatic carbocycles. The summed E-state index contributed by atoms with van der Waals surface area (Å²) in [5.41, 5.74) is 1.02. The molecule has 154 valence electrons. The molecule has 6 nitrogen and oxygen atoms in total. The highest BCUT2D eigenvalue weighted by Crippen LogP contribution is 2.50. The van der Waals surface area contributed by atoms with Crippen LogP contribution in [0.3, 0.4) is 0 Å². The van der Waals surface area contributed by atoms with Gasteiger partial charge in [0.05, 0.1) is 12.8 Å². The standard InChI is InChI=1S/C21H21F2NO5/c1-20(22,23)11-29-18-6-12-9-21(4-3-5-21)24-10-14(19(26)27)16(25)8-15(24)13(12)7-17(18)28-2/h6-8,10H,3-5,9,11H2,1-2H3,(H,26,27). The first-order valence-electron chi connectivity index (χ1n) is 9.36. The van der Waals surface area contributed by atoms with Crippen molar-refractivity contribution in [3.8, 4) is 22.8 Å². The summed E-state index contributed by atoms with van der Waals surface area (Å²) < 4.78 is 39.1. The van der Waals surface area contributed by atoms with Crippen molar-refractivity contribution < 1.29 is 28.2 Å². The molecule has 1 aliphatic carbocycles. The Balaban J connectivity index is 1.87. The molecule has 0 amide bonds. The molecule has 1 saturated carbocycles. The maximum absolute atomic E-state index is 13.3. The Hall–Kier alpha value is -2.90. The van der Waals surface area contributed by atoms with Crippen LogP contribution in [0.5, 0.6) is 11.5 Å². The lowest BCUT2D eigenvalue weighted by Crippen LogP contribution is -2.46. The predicted octanol–water partition coefficient (Wildman–Crippen LogP) is 3.69. The van der Waals surface area contributed by atoms with E-state index in [9.17, 15) is 23.5 Å². The maximum Gasteiger partial charge on any atom is 0.341 e. The largest absolute Gasteiger partial charge is 0.493 e. The van der Waals surface area contributed by atoms with E-state index in [0.29, 0.717) is 17.7 Å². The Kier molecular flexibility index (Phi) is 4.40. The molecule has 29 heavy (non-hydrogen) atoms. The van der Waals surface area contributed by atoms with Gasteiger partial charge in [-0.3, -0.25) is 4.79 Å². The third-order valence-electron chi connectivity index (χ3n) is 5.74. The fourth-order valence-corrected chi connectivity index (χ4v) is 4.20. The van der Waals surface area contributed by atoms with Crippen LogP contribution in [0.4, 0.5) is 8.78 Å². The lowest BCUT2D eigenvalue weighted by Gasteiger charge is -2.48. The van der Waals surface area contributed by atoms with Crippen LogP contribution >= 0.6 is 0 Å². The Bertz CT molecular complexity index is 1050. The summed E-state index contributed by atoms with van der Waals surface area (Å²) >= 11 is 0. The number of pyridine rings is 1. The average Bonchev–Trinajstić information content (AvgIpc) is 2.62. The number of ether oxygens (including phenoxy) is 2. The zero-order chi connectivity index (χ0) is 21.0. The highest BCUT2D eigenvalue weighted by Gasteiger charge is 2.43. The predicted molar refractivity (Wildman–Crippen MR) is 101 cm³/mol. The van der Waals surface area contributed by atoms with E-state index in [2.05, 4.69) is 0 Å². The van der Waals surface area contributed by atoms with Crippen LogP contribution in [0.15, 0.2) is 29.2 Å². The minimum absolute atomic E-state index is 0.222. The molecule has 1 N–H and O–H groups in total. The average molecular weight is 405 g/mol. The van der Waals surface area contributed by atoms with Gasteiger partial charge in [0.1, 0.15) is 5.56 Å².